The molecule has 110 valence electrons. The molecule has 21 heavy (non-hydrogen) atoms. The second-order valence-electron chi connectivity index (χ2n) is 4.38. The molecule has 1 heterocycles. The minimum absolute atomic E-state index is 0.0149. The van der Waals surface area contributed by atoms with Gasteiger partial charge in [0.05, 0.1) is 11.5 Å². The molecule has 0 aliphatic rings. The summed E-state index contributed by atoms with van der Waals surface area (Å²) in [4.78, 5) is 26.7. The van der Waals surface area contributed by atoms with Gasteiger partial charge in [-0.2, -0.15) is 0 Å². The van der Waals surface area contributed by atoms with Crippen LogP contribution in [0.15, 0.2) is 30.6 Å². The van der Waals surface area contributed by atoms with Gasteiger partial charge in [-0.25, -0.2) is 4.98 Å². The third-order valence-electron chi connectivity index (χ3n) is 3.05. The summed E-state index contributed by atoms with van der Waals surface area (Å²) in [5.41, 5.74) is 0.412. The van der Waals surface area contributed by atoms with Gasteiger partial charge in [0, 0.05) is 38.2 Å². The predicted molar refractivity (Wildman–Crippen MR) is 77.0 cm³/mol. The molecule has 2 rings (SSSR count). The maximum atomic E-state index is 12.2. The molecule has 2 N–H and O–H groups in total. The number of hydrogen-bond donors (Lipinski definition) is 2. The van der Waals surface area contributed by atoms with Gasteiger partial charge in [-0.05, 0) is 12.1 Å². The summed E-state index contributed by atoms with van der Waals surface area (Å²) in [7, 11) is 3.48. The number of hydrogen-bond acceptors (Lipinski definition) is 5. The maximum absolute atomic E-state index is 12.2. The summed E-state index contributed by atoms with van der Waals surface area (Å²) in [6, 6.07) is 4.31. The lowest BCUT2D eigenvalue weighted by molar-refractivity contribution is -0.385. The van der Waals surface area contributed by atoms with E-state index >= 15 is 0 Å². The summed E-state index contributed by atoms with van der Waals surface area (Å²) >= 11 is 0. The van der Waals surface area contributed by atoms with E-state index < -0.39 is 10.8 Å². The van der Waals surface area contributed by atoms with Crippen LogP contribution in [-0.2, 0) is 13.6 Å². The molecule has 0 radical (unpaired) electrons. The molecule has 8 nitrogen and oxygen atoms in total. The second kappa shape index (κ2) is 6.04. The molecular weight excluding hydrogens is 274 g/mol. The van der Waals surface area contributed by atoms with Gasteiger partial charge in [0.1, 0.15) is 11.4 Å². The number of imidazole rings is 1. The highest BCUT2D eigenvalue weighted by Crippen LogP contribution is 2.22. The second-order valence-corrected chi connectivity index (χ2v) is 4.38. The standard InChI is InChI=1S/C13H15N5O3/c1-14-9-3-4-11(18(20)21)10(7-9)13(19)16-8-12-15-5-6-17(12)2/h3-7,14H,8H2,1-2H3,(H,16,19). The van der Waals surface area contributed by atoms with Gasteiger partial charge in [-0.3, -0.25) is 14.9 Å². The Morgan fingerprint density at radius 1 is 1.48 bits per heavy atom. The largest absolute Gasteiger partial charge is 0.388 e. The van der Waals surface area contributed by atoms with Crippen LogP contribution in [0.1, 0.15) is 16.2 Å². The topological polar surface area (TPSA) is 102 Å². The summed E-state index contributed by atoms with van der Waals surface area (Å²) in [6.45, 7) is 0.198. The monoisotopic (exact) mass is 289 g/mol. The van der Waals surface area contributed by atoms with Crippen LogP contribution < -0.4 is 10.6 Å². The van der Waals surface area contributed by atoms with Crippen LogP contribution in [0.5, 0.6) is 0 Å². The summed E-state index contributed by atoms with van der Waals surface area (Å²) in [6.07, 6.45) is 3.37. The maximum Gasteiger partial charge on any atom is 0.282 e. The molecule has 0 fully saturated rings. The van der Waals surface area contributed by atoms with Crippen molar-refractivity contribution < 1.29 is 9.72 Å². The number of aryl methyl sites for hydroxylation is 1. The van der Waals surface area contributed by atoms with Crippen molar-refractivity contribution in [1.82, 2.24) is 14.9 Å². The molecule has 0 bridgehead atoms. The van der Waals surface area contributed by atoms with E-state index in [1.807, 2.05) is 0 Å². The Labute approximate surface area is 121 Å². The van der Waals surface area contributed by atoms with E-state index in [0.717, 1.165) is 0 Å². The number of aromatic nitrogens is 2. The van der Waals surface area contributed by atoms with E-state index in [4.69, 9.17) is 0 Å². The minimum atomic E-state index is -0.574. The average Bonchev–Trinajstić information content (AvgIpc) is 2.89. The van der Waals surface area contributed by atoms with E-state index in [1.54, 1.807) is 37.1 Å². The fourth-order valence-corrected chi connectivity index (χ4v) is 1.85. The lowest BCUT2D eigenvalue weighted by Crippen LogP contribution is -2.25. The number of nitrogens with one attached hydrogen (secondary N) is 2. The number of benzene rings is 1. The van der Waals surface area contributed by atoms with Gasteiger partial charge in [0.2, 0.25) is 0 Å². The predicted octanol–water partition coefficient (Wildman–Crippen LogP) is 1.30. The van der Waals surface area contributed by atoms with Gasteiger partial charge >= 0.3 is 0 Å². The first-order valence-corrected chi connectivity index (χ1v) is 6.23. The quantitative estimate of drug-likeness (QED) is 0.638. The Bertz CT molecular complexity index is 680. The Kier molecular flexibility index (Phi) is 4.17. The molecule has 1 aromatic heterocycles. The van der Waals surface area contributed by atoms with Crippen LogP contribution in [0.4, 0.5) is 11.4 Å². The van der Waals surface area contributed by atoms with Crippen LogP contribution in [0.3, 0.4) is 0 Å². The molecule has 0 saturated carbocycles. The molecule has 0 spiro atoms. The van der Waals surface area contributed by atoms with Crippen molar-refractivity contribution in [2.24, 2.45) is 7.05 Å². The third-order valence-corrected chi connectivity index (χ3v) is 3.05. The van der Waals surface area contributed by atoms with Crippen molar-refractivity contribution in [3.8, 4) is 0 Å². The van der Waals surface area contributed by atoms with Crippen molar-refractivity contribution in [2.45, 2.75) is 6.54 Å². The number of rotatable bonds is 5. The van der Waals surface area contributed by atoms with Crippen LogP contribution in [0.25, 0.3) is 0 Å². The lowest BCUT2D eigenvalue weighted by atomic mass is 10.1. The van der Waals surface area contributed by atoms with E-state index in [1.165, 1.54) is 12.1 Å². The van der Waals surface area contributed by atoms with Crippen molar-refractivity contribution in [3.63, 3.8) is 0 Å². The first-order valence-electron chi connectivity index (χ1n) is 6.23. The van der Waals surface area contributed by atoms with Gasteiger partial charge in [0.25, 0.3) is 11.6 Å². The third kappa shape index (κ3) is 3.16. The van der Waals surface area contributed by atoms with Gasteiger partial charge in [0.15, 0.2) is 0 Å². The van der Waals surface area contributed by atoms with Crippen LogP contribution in [0, 0.1) is 10.1 Å². The number of nitro benzene ring substituents is 1. The summed E-state index contributed by atoms with van der Waals surface area (Å²) in [5, 5.41) is 16.5. The number of amides is 1. The van der Waals surface area contributed by atoms with Crippen LogP contribution in [0.2, 0.25) is 0 Å². The van der Waals surface area contributed by atoms with E-state index in [-0.39, 0.29) is 17.8 Å². The molecule has 2 aromatic rings. The number of nitro groups is 1. The van der Waals surface area contributed by atoms with Crippen molar-refractivity contribution >= 4 is 17.3 Å². The molecule has 0 saturated heterocycles. The zero-order valence-corrected chi connectivity index (χ0v) is 11.7. The van der Waals surface area contributed by atoms with E-state index in [0.29, 0.717) is 11.5 Å². The van der Waals surface area contributed by atoms with Crippen LogP contribution >= 0.6 is 0 Å². The van der Waals surface area contributed by atoms with Gasteiger partial charge < -0.3 is 15.2 Å². The van der Waals surface area contributed by atoms with Gasteiger partial charge in [-0.15, -0.1) is 0 Å². The van der Waals surface area contributed by atoms with Crippen LogP contribution in [-0.4, -0.2) is 27.4 Å². The highest BCUT2D eigenvalue weighted by molar-refractivity contribution is 5.99. The molecule has 0 unspecified atom stereocenters. The summed E-state index contributed by atoms with van der Waals surface area (Å²) < 4.78 is 1.76. The molecule has 0 aliphatic carbocycles. The first-order chi connectivity index (χ1) is 10.0. The number of anilines is 1. The number of nitrogens with zero attached hydrogens (tertiary/aromatic N) is 3. The Morgan fingerprint density at radius 2 is 2.24 bits per heavy atom. The molecule has 1 amide bonds. The lowest BCUT2D eigenvalue weighted by Gasteiger charge is -2.08. The smallest absolute Gasteiger partial charge is 0.282 e. The molecule has 8 heteroatoms. The number of carbonyl (C=O) groups excluding carboxylic acids is 1. The van der Waals surface area contributed by atoms with Gasteiger partial charge in [-0.1, -0.05) is 0 Å². The average molecular weight is 289 g/mol. The first kappa shape index (κ1) is 14.5. The fraction of sp³-hybridized carbons (Fsp3) is 0.231. The zero-order valence-electron chi connectivity index (χ0n) is 11.7. The van der Waals surface area contributed by atoms with E-state index in [2.05, 4.69) is 15.6 Å². The molecule has 1 aromatic carbocycles. The Morgan fingerprint density at radius 3 is 2.81 bits per heavy atom. The van der Waals surface area contributed by atoms with Crippen molar-refractivity contribution in [3.05, 3.63) is 52.1 Å². The summed E-state index contributed by atoms with van der Waals surface area (Å²) in [5.74, 6) is 0.151. The Balaban J connectivity index is 2.21. The molecule has 0 atom stereocenters. The Hall–Kier alpha value is -2.90. The van der Waals surface area contributed by atoms with Crippen molar-refractivity contribution in [2.75, 3.05) is 12.4 Å². The highest BCUT2D eigenvalue weighted by atomic mass is 16.6. The highest BCUT2D eigenvalue weighted by Gasteiger charge is 2.20. The zero-order chi connectivity index (χ0) is 15.4. The minimum Gasteiger partial charge on any atom is -0.388 e. The fourth-order valence-electron chi connectivity index (χ4n) is 1.85. The molecular formula is C13H15N5O3. The SMILES string of the molecule is CNc1ccc([N+](=O)[O-])c(C(=O)NCc2nccn2C)c1. The normalized spacial score (nSPS) is 10.2. The van der Waals surface area contributed by atoms with Crippen molar-refractivity contribution in [1.29, 1.82) is 0 Å². The molecule has 0 aliphatic heterocycles. The van der Waals surface area contributed by atoms with E-state index in [9.17, 15) is 14.9 Å². The number of carbonyl (C=O) groups is 1.